The summed E-state index contributed by atoms with van der Waals surface area (Å²) in [6, 6.07) is 8.67. The van der Waals surface area contributed by atoms with Gasteiger partial charge in [0.05, 0.1) is 12.2 Å². The molecule has 0 aliphatic carbocycles. The van der Waals surface area contributed by atoms with Gasteiger partial charge in [-0.3, -0.25) is 4.68 Å². The minimum Gasteiger partial charge on any atom is -0.311 e. The summed E-state index contributed by atoms with van der Waals surface area (Å²) in [5.41, 5.74) is 2.47. The molecule has 2 aromatic rings. The molecule has 0 fully saturated rings. The molecule has 0 bridgehead atoms. The monoisotopic (exact) mass is 274 g/mol. The van der Waals surface area contributed by atoms with Crippen molar-refractivity contribution in [1.29, 1.82) is 0 Å². The standard InChI is InChI=1S/C14H18N4S/c1-2-15-7-12-9-18(17-16-12)8-11-10-19-14-6-4-3-5-13(11)14/h3-6,9,11,15H,2,7-8,10H2,1H3. The maximum Gasteiger partial charge on any atom is 0.0964 e. The lowest BCUT2D eigenvalue weighted by Crippen LogP contribution is -2.12. The lowest BCUT2D eigenvalue weighted by Gasteiger charge is -2.09. The maximum absolute atomic E-state index is 4.22. The molecule has 1 unspecified atom stereocenters. The van der Waals surface area contributed by atoms with Gasteiger partial charge in [-0.15, -0.1) is 16.9 Å². The van der Waals surface area contributed by atoms with Gasteiger partial charge in [0.15, 0.2) is 0 Å². The first-order valence-corrected chi connectivity index (χ1v) is 7.67. The van der Waals surface area contributed by atoms with E-state index in [1.807, 2.05) is 22.6 Å². The second kappa shape index (κ2) is 5.75. The lowest BCUT2D eigenvalue weighted by atomic mass is 10.0. The van der Waals surface area contributed by atoms with Crippen LogP contribution in [-0.4, -0.2) is 27.3 Å². The molecule has 1 aliphatic heterocycles. The Bertz CT molecular complexity index is 552. The average molecular weight is 274 g/mol. The van der Waals surface area contributed by atoms with Gasteiger partial charge in [0.2, 0.25) is 0 Å². The van der Waals surface area contributed by atoms with Gasteiger partial charge in [-0.2, -0.15) is 0 Å². The molecular weight excluding hydrogens is 256 g/mol. The summed E-state index contributed by atoms with van der Waals surface area (Å²) in [5, 5.41) is 11.7. The zero-order chi connectivity index (χ0) is 13.1. The first kappa shape index (κ1) is 12.7. The summed E-state index contributed by atoms with van der Waals surface area (Å²) in [5.74, 6) is 1.69. The van der Waals surface area contributed by atoms with Crippen LogP contribution in [0.1, 0.15) is 24.1 Å². The van der Waals surface area contributed by atoms with Crippen LogP contribution in [0, 0.1) is 0 Å². The summed E-state index contributed by atoms with van der Waals surface area (Å²) >= 11 is 1.94. The predicted octanol–water partition coefficient (Wildman–Crippen LogP) is 2.28. The van der Waals surface area contributed by atoms with Crippen LogP contribution in [0.5, 0.6) is 0 Å². The van der Waals surface area contributed by atoms with E-state index in [0.717, 1.165) is 31.1 Å². The fourth-order valence-corrected chi connectivity index (χ4v) is 3.61. The van der Waals surface area contributed by atoms with Crippen molar-refractivity contribution < 1.29 is 0 Å². The molecule has 1 aromatic heterocycles. The molecule has 5 heteroatoms. The van der Waals surface area contributed by atoms with Crippen LogP contribution in [0.25, 0.3) is 0 Å². The fraction of sp³-hybridized carbons (Fsp3) is 0.429. The van der Waals surface area contributed by atoms with Crippen molar-refractivity contribution in [2.75, 3.05) is 12.3 Å². The number of nitrogens with zero attached hydrogens (tertiary/aromatic N) is 3. The Kier molecular flexibility index (Phi) is 3.84. The highest BCUT2D eigenvalue weighted by Crippen LogP contribution is 2.39. The van der Waals surface area contributed by atoms with E-state index in [4.69, 9.17) is 0 Å². The van der Waals surface area contributed by atoms with Crippen LogP contribution in [0.4, 0.5) is 0 Å². The summed E-state index contributed by atoms with van der Waals surface area (Å²) < 4.78 is 1.97. The Hall–Kier alpha value is -1.33. The first-order chi connectivity index (χ1) is 9.36. The summed E-state index contributed by atoms with van der Waals surface area (Å²) in [4.78, 5) is 1.42. The van der Waals surface area contributed by atoms with Crippen molar-refractivity contribution in [1.82, 2.24) is 20.3 Å². The Balaban J connectivity index is 1.68. The zero-order valence-electron chi connectivity index (χ0n) is 11.0. The summed E-state index contributed by atoms with van der Waals surface area (Å²) in [6.45, 7) is 4.77. The number of fused-ring (bicyclic) bond motifs is 1. The van der Waals surface area contributed by atoms with E-state index in [1.54, 1.807) is 0 Å². The Morgan fingerprint density at radius 3 is 3.21 bits per heavy atom. The number of thioether (sulfide) groups is 1. The second-order valence-electron chi connectivity index (χ2n) is 4.76. The van der Waals surface area contributed by atoms with Gasteiger partial charge >= 0.3 is 0 Å². The molecule has 0 saturated heterocycles. The zero-order valence-corrected chi connectivity index (χ0v) is 11.9. The van der Waals surface area contributed by atoms with Gasteiger partial charge in [0.25, 0.3) is 0 Å². The summed E-state index contributed by atoms with van der Waals surface area (Å²) in [6.07, 6.45) is 2.05. The number of hydrogen-bond donors (Lipinski definition) is 1. The van der Waals surface area contributed by atoms with Crippen molar-refractivity contribution in [3.8, 4) is 0 Å². The number of nitrogens with one attached hydrogen (secondary N) is 1. The molecule has 100 valence electrons. The molecule has 19 heavy (non-hydrogen) atoms. The van der Waals surface area contributed by atoms with Crippen LogP contribution in [-0.2, 0) is 13.1 Å². The van der Waals surface area contributed by atoms with Crippen LogP contribution in [0.3, 0.4) is 0 Å². The molecule has 4 nitrogen and oxygen atoms in total. The highest BCUT2D eigenvalue weighted by Gasteiger charge is 2.23. The molecule has 1 atom stereocenters. The molecule has 1 aliphatic rings. The van der Waals surface area contributed by atoms with Gasteiger partial charge in [-0.1, -0.05) is 30.3 Å². The number of aromatic nitrogens is 3. The Morgan fingerprint density at radius 1 is 1.42 bits per heavy atom. The molecule has 3 rings (SSSR count). The van der Waals surface area contributed by atoms with E-state index in [0.29, 0.717) is 5.92 Å². The molecular formula is C14H18N4S. The molecule has 0 amide bonds. The Labute approximate surface area is 117 Å². The van der Waals surface area contributed by atoms with E-state index in [9.17, 15) is 0 Å². The second-order valence-corrected chi connectivity index (χ2v) is 5.82. The minimum atomic E-state index is 0.551. The first-order valence-electron chi connectivity index (χ1n) is 6.68. The third kappa shape index (κ3) is 2.82. The summed E-state index contributed by atoms with van der Waals surface area (Å²) in [7, 11) is 0. The van der Waals surface area contributed by atoms with Crippen molar-refractivity contribution in [2.45, 2.75) is 30.8 Å². The van der Waals surface area contributed by atoms with Crippen molar-refractivity contribution in [3.63, 3.8) is 0 Å². The number of benzene rings is 1. The van der Waals surface area contributed by atoms with E-state index in [2.05, 4.69) is 46.8 Å². The van der Waals surface area contributed by atoms with Crippen LogP contribution >= 0.6 is 11.8 Å². The van der Waals surface area contributed by atoms with Crippen LogP contribution in [0.2, 0.25) is 0 Å². The number of rotatable bonds is 5. The van der Waals surface area contributed by atoms with Gasteiger partial charge in [-0.05, 0) is 18.2 Å². The minimum absolute atomic E-state index is 0.551. The highest BCUT2D eigenvalue weighted by molar-refractivity contribution is 7.99. The van der Waals surface area contributed by atoms with Gasteiger partial charge in [0.1, 0.15) is 0 Å². The van der Waals surface area contributed by atoms with Crippen LogP contribution in [0.15, 0.2) is 35.4 Å². The topological polar surface area (TPSA) is 42.7 Å². The molecule has 1 N–H and O–H groups in total. The molecule has 0 spiro atoms. The Morgan fingerprint density at radius 2 is 2.32 bits per heavy atom. The normalized spacial score (nSPS) is 17.6. The largest absolute Gasteiger partial charge is 0.311 e. The third-order valence-corrected chi connectivity index (χ3v) is 4.60. The molecule has 1 aromatic carbocycles. The predicted molar refractivity (Wildman–Crippen MR) is 77.3 cm³/mol. The maximum atomic E-state index is 4.22. The molecule has 0 saturated carbocycles. The van der Waals surface area contributed by atoms with Gasteiger partial charge in [0, 0.05) is 29.3 Å². The molecule has 0 radical (unpaired) electrons. The smallest absolute Gasteiger partial charge is 0.0964 e. The van der Waals surface area contributed by atoms with Crippen molar-refractivity contribution >= 4 is 11.8 Å². The van der Waals surface area contributed by atoms with Crippen molar-refractivity contribution in [3.05, 3.63) is 41.7 Å². The lowest BCUT2D eigenvalue weighted by molar-refractivity contribution is 0.532. The quantitative estimate of drug-likeness (QED) is 0.908. The third-order valence-electron chi connectivity index (χ3n) is 3.35. The van der Waals surface area contributed by atoms with E-state index < -0.39 is 0 Å². The van der Waals surface area contributed by atoms with E-state index >= 15 is 0 Å². The van der Waals surface area contributed by atoms with Crippen LogP contribution < -0.4 is 5.32 Å². The SMILES string of the molecule is CCNCc1cn(CC2CSc3ccccc32)nn1. The average Bonchev–Trinajstić information content (AvgIpc) is 3.05. The van der Waals surface area contributed by atoms with Gasteiger partial charge in [-0.25, -0.2) is 0 Å². The number of hydrogen-bond acceptors (Lipinski definition) is 4. The highest BCUT2D eigenvalue weighted by atomic mass is 32.2. The van der Waals surface area contributed by atoms with E-state index in [-0.39, 0.29) is 0 Å². The van der Waals surface area contributed by atoms with E-state index in [1.165, 1.54) is 10.5 Å². The fourth-order valence-electron chi connectivity index (χ4n) is 2.37. The van der Waals surface area contributed by atoms with Gasteiger partial charge < -0.3 is 5.32 Å². The van der Waals surface area contributed by atoms with Crippen molar-refractivity contribution in [2.24, 2.45) is 0 Å². The molecule has 2 heterocycles.